The minimum absolute atomic E-state index is 0.0705. The molecule has 2 aliphatic rings. The number of ether oxygens (including phenoxy) is 3. The zero-order valence-electron chi connectivity index (χ0n) is 30.0. The van der Waals surface area contributed by atoms with Crippen molar-refractivity contribution >= 4 is 46.3 Å². The van der Waals surface area contributed by atoms with Crippen molar-refractivity contribution < 1.29 is 14.2 Å². The summed E-state index contributed by atoms with van der Waals surface area (Å²) in [6.45, 7) is 12.1. The standard InChI is InChI=1S/C42H44N6O3/c1-28(2)49-34-22-37-43-38(23-34)47(32-18-12-8-13-19-32)40-25-36(51-30(5)6)27-42(45-40)48(33-20-14-9-15-21-33)41-26-35(50-29(3)4)24-39(44-41)46(37)31-16-10-7-11-17-31/h7-8,10-14,16-30H,9,15H2,1-6H3. The van der Waals surface area contributed by atoms with Crippen molar-refractivity contribution in [2.75, 3.05) is 14.7 Å². The van der Waals surface area contributed by atoms with Crippen LogP contribution in [0.5, 0.6) is 17.2 Å². The van der Waals surface area contributed by atoms with Gasteiger partial charge in [0.2, 0.25) is 0 Å². The summed E-state index contributed by atoms with van der Waals surface area (Å²) < 4.78 is 19.3. The second kappa shape index (κ2) is 14.6. The topological polar surface area (TPSA) is 76.1 Å². The number of pyridine rings is 3. The Labute approximate surface area is 300 Å². The van der Waals surface area contributed by atoms with Gasteiger partial charge in [-0.1, -0.05) is 48.6 Å². The number of allylic oxidation sites excluding steroid dienone is 3. The first-order chi connectivity index (χ1) is 24.7. The SMILES string of the molecule is CC(C)Oc1cc2nc(c1)N(c1ccccc1)c1cc(OC(C)C)cc(n1)N(c1ccccc1)c1cc(OC(C)C)cc(n1)N2C1=CCCC=C1. The summed E-state index contributed by atoms with van der Waals surface area (Å²) in [5.41, 5.74) is 2.72. The summed E-state index contributed by atoms with van der Waals surface area (Å²) in [6.07, 6.45) is 8.19. The highest BCUT2D eigenvalue weighted by Gasteiger charge is 2.28. The van der Waals surface area contributed by atoms with Crippen LogP contribution in [0.1, 0.15) is 54.4 Å². The molecule has 0 unspecified atom stereocenters. The van der Waals surface area contributed by atoms with Crippen LogP contribution < -0.4 is 28.9 Å². The third-order valence-electron chi connectivity index (χ3n) is 8.07. The van der Waals surface area contributed by atoms with Gasteiger partial charge in [0.25, 0.3) is 0 Å². The van der Waals surface area contributed by atoms with Crippen molar-refractivity contribution in [3.8, 4) is 17.2 Å². The highest BCUT2D eigenvalue weighted by atomic mass is 16.5. The molecule has 260 valence electrons. The summed E-state index contributed by atoms with van der Waals surface area (Å²) in [5, 5.41) is 0. The van der Waals surface area contributed by atoms with Gasteiger partial charge in [0.15, 0.2) is 0 Å². The average Bonchev–Trinajstić information content (AvgIpc) is 3.09. The Morgan fingerprint density at radius 1 is 0.471 bits per heavy atom. The number of hydrogen-bond donors (Lipinski definition) is 0. The molecule has 0 spiro atoms. The number of benzene rings is 2. The number of para-hydroxylation sites is 2. The lowest BCUT2D eigenvalue weighted by atomic mass is 10.1. The fraction of sp³-hybridized carbons (Fsp3) is 0.262. The van der Waals surface area contributed by atoms with E-state index in [4.69, 9.17) is 29.2 Å². The van der Waals surface area contributed by atoms with Gasteiger partial charge in [-0.25, -0.2) is 15.0 Å². The number of nitrogens with zero attached hydrogens (tertiary/aromatic N) is 6. The highest BCUT2D eigenvalue weighted by Crippen LogP contribution is 2.45. The molecule has 0 saturated carbocycles. The molecule has 0 saturated heterocycles. The number of aromatic nitrogens is 3. The lowest BCUT2D eigenvalue weighted by Crippen LogP contribution is -2.24. The number of fused-ring (bicyclic) bond motifs is 6. The second-order valence-electron chi connectivity index (χ2n) is 13.3. The lowest BCUT2D eigenvalue weighted by Gasteiger charge is -2.32. The third-order valence-corrected chi connectivity index (χ3v) is 8.07. The van der Waals surface area contributed by atoms with Gasteiger partial charge in [-0.15, -0.1) is 0 Å². The smallest absolute Gasteiger partial charge is 0.144 e. The van der Waals surface area contributed by atoms with Gasteiger partial charge in [0.1, 0.15) is 52.2 Å². The van der Waals surface area contributed by atoms with Gasteiger partial charge in [0.05, 0.1) is 18.3 Å². The maximum absolute atomic E-state index is 6.42. The molecular formula is C42H44N6O3. The molecule has 0 N–H and O–H groups in total. The molecule has 51 heavy (non-hydrogen) atoms. The first-order valence-electron chi connectivity index (χ1n) is 17.7. The van der Waals surface area contributed by atoms with Crippen LogP contribution in [0.4, 0.5) is 46.3 Å². The molecule has 1 aliphatic heterocycles. The van der Waals surface area contributed by atoms with Gasteiger partial charge in [0, 0.05) is 53.5 Å². The van der Waals surface area contributed by atoms with E-state index in [1.165, 1.54) is 0 Å². The minimum atomic E-state index is -0.0762. The first-order valence-corrected chi connectivity index (χ1v) is 17.7. The van der Waals surface area contributed by atoms with E-state index in [0.717, 1.165) is 29.9 Å². The minimum Gasteiger partial charge on any atom is -0.491 e. The predicted molar refractivity (Wildman–Crippen MR) is 205 cm³/mol. The Bertz CT molecular complexity index is 1920. The molecule has 0 radical (unpaired) electrons. The van der Waals surface area contributed by atoms with Gasteiger partial charge in [-0.3, -0.25) is 14.7 Å². The van der Waals surface area contributed by atoms with Crippen LogP contribution in [0.2, 0.25) is 0 Å². The molecule has 5 aromatic rings. The van der Waals surface area contributed by atoms with E-state index in [1.807, 2.05) is 114 Å². The molecule has 0 amide bonds. The van der Waals surface area contributed by atoms with E-state index in [0.29, 0.717) is 52.2 Å². The predicted octanol–water partition coefficient (Wildman–Crippen LogP) is 10.9. The Balaban J connectivity index is 1.62. The van der Waals surface area contributed by atoms with Gasteiger partial charge >= 0.3 is 0 Å². The molecule has 9 heteroatoms. The Morgan fingerprint density at radius 3 is 1.14 bits per heavy atom. The molecule has 7 rings (SSSR count). The maximum atomic E-state index is 6.42. The van der Waals surface area contributed by atoms with Crippen LogP contribution in [-0.2, 0) is 0 Å². The Hall–Kier alpha value is -5.83. The summed E-state index contributed by atoms with van der Waals surface area (Å²) in [4.78, 5) is 22.3. The van der Waals surface area contributed by atoms with Crippen LogP contribution in [0.3, 0.4) is 0 Å². The molecule has 6 bridgehead atoms. The quantitative estimate of drug-likeness (QED) is 0.151. The Morgan fingerprint density at radius 2 is 0.824 bits per heavy atom. The van der Waals surface area contributed by atoms with Crippen LogP contribution >= 0.6 is 0 Å². The van der Waals surface area contributed by atoms with Gasteiger partial charge in [-0.05, 0) is 84.7 Å². The molecule has 1 aliphatic carbocycles. The number of anilines is 8. The normalized spacial score (nSPS) is 14.0. The number of hydrogen-bond acceptors (Lipinski definition) is 9. The van der Waals surface area contributed by atoms with Gasteiger partial charge in [-0.2, -0.15) is 0 Å². The second-order valence-corrected chi connectivity index (χ2v) is 13.3. The third kappa shape index (κ3) is 7.52. The molecule has 0 atom stereocenters. The lowest BCUT2D eigenvalue weighted by molar-refractivity contribution is 0.242. The maximum Gasteiger partial charge on any atom is 0.144 e. The highest BCUT2D eigenvalue weighted by molar-refractivity contribution is 5.82. The van der Waals surface area contributed by atoms with Crippen molar-refractivity contribution in [3.05, 3.63) is 121 Å². The van der Waals surface area contributed by atoms with Gasteiger partial charge < -0.3 is 14.2 Å². The van der Waals surface area contributed by atoms with Crippen molar-refractivity contribution in [1.82, 2.24) is 15.0 Å². The van der Waals surface area contributed by atoms with Crippen molar-refractivity contribution in [2.45, 2.75) is 72.7 Å². The zero-order chi connectivity index (χ0) is 35.5. The molecule has 3 aromatic heterocycles. The molecule has 2 aromatic carbocycles. The van der Waals surface area contributed by atoms with Crippen LogP contribution in [0, 0.1) is 0 Å². The summed E-state index contributed by atoms with van der Waals surface area (Å²) in [7, 11) is 0. The van der Waals surface area contributed by atoms with E-state index in [1.54, 1.807) is 0 Å². The average molecular weight is 681 g/mol. The fourth-order valence-electron chi connectivity index (χ4n) is 6.21. The molecule has 4 heterocycles. The largest absolute Gasteiger partial charge is 0.491 e. The monoisotopic (exact) mass is 680 g/mol. The van der Waals surface area contributed by atoms with Crippen molar-refractivity contribution in [1.29, 1.82) is 0 Å². The van der Waals surface area contributed by atoms with Crippen molar-refractivity contribution in [2.24, 2.45) is 0 Å². The number of rotatable bonds is 9. The molecular weight excluding hydrogens is 637 g/mol. The molecule has 9 nitrogen and oxygen atoms in total. The van der Waals surface area contributed by atoms with Crippen LogP contribution in [0.25, 0.3) is 0 Å². The van der Waals surface area contributed by atoms with E-state index in [2.05, 4.69) is 57.2 Å². The summed E-state index contributed by atoms with van der Waals surface area (Å²) in [6, 6.07) is 32.1. The summed E-state index contributed by atoms with van der Waals surface area (Å²) >= 11 is 0. The zero-order valence-corrected chi connectivity index (χ0v) is 30.0. The van der Waals surface area contributed by atoms with E-state index >= 15 is 0 Å². The van der Waals surface area contributed by atoms with E-state index < -0.39 is 0 Å². The van der Waals surface area contributed by atoms with Crippen LogP contribution in [-0.4, -0.2) is 33.3 Å². The molecule has 0 fully saturated rings. The van der Waals surface area contributed by atoms with Crippen LogP contribution in [0.15, 0.2) is 121 Å². The Kier molecular flexibility index (Phi) is 9.61. The van der Waals surface area contributed by atoms with E-state index in [-0.39, 0.29) is 18.3 Å². The summed E-state index contributed by atoms with van der Waals surface area (Å²) in [5.74, 6) is 5.78. The first kappa shape index (κ1) is 33.7. The van der Waals surface area contributed by atoms with E-state index in [9.17, 15) is 0 Å². The van der Waals surface area contributed by atoms with Crippen molar-refractivity contribution in [3.63, 3.8) is 0 Å². The fourth-order valence-corrected chi connectivity index (χ4v) is 6.21.